The van der Waals surface area contributed by atoms with Gasteiger partial charge in [0.15, 0.2) is 0 Å². The van der Waals surface area contributed by atoms with Gasteiger partial charge in [-0.25, -0.2) is 0 Å². The van der Waals surface area contributed by atoms with E-state index in [9.17, 15) is 0 Å². The summed E-state index contributed by atoms with van der Waals surface area (Å²) in [5, 5.41) is 0. The molecule has 1 nitrogen and oxygen atoms in total. The highest BCUT2D eigenvalue weighted by molar-refractivity contribution is 5.49. The average Bonchev–Trinajstić information content (AvgIpc) is 2.81. The number of hydrogen-bond donors (Lipinski definition) is 0. The maximum absolute atomic E-state index is 2.56. The Hall–Kier alpha value is -2.12. The second-order valence-electron chi connectivity index (χ2n) is 9.40. The van der Waals surface area contributed by atoms with Gasteiger partial charge >= 0.3 is 0 Å². The molecule has 0 aliphatic carbocycles. The van der Waals surface area contributed by atoms with Crippen molar-refractivity contribution < 1.29 is 0 Å². The maximum Gasteiger partial charge on any atom is 0.0169 e. The van der Waals surface area contributed by atoms with Crippen molar-refractivity contribution >= 4 is 12.2 Å². The third kappa shape index (κ3) is 13.3. The Morgan fingerprint density at radius 1 is 0.594 bits per heavy atom. The van der Waals surface area contributed by atoms with Gasteiger partial charge in [-0.15, -0.1) is 0 Å². The fraction of sp³-hybridized carbons (Fsp3) is 0.484. The van der Waals surface area contributed by atoms with Gasteiger partial charge in [0.05, 0.1) is 0 Å². The molecular weight excluding hydrogens is 386 g/mol. The smallest absolute Gasteiger partial charge is 0.0169 e. The SMILES string of the molecule is CC(C)CCCCCCCCCCN(CC=Cc1ccccc1)CC=Cc1ccccc1. The van der Waals surface area contributed by atoms with Crippen LogP contribution in [0, 0.1) is 5.92 Å². The molecule has 0 atom stereocenters. The summed E-state index contributed by atoms with van der Waals surface area (Å²) in [5.41, 5.74) is 2.56. The highest BCUT2D eigenvalue weighted by Gasteiger charge is 2.01. The van der Waals surface area contributed by atoms with E-state index in [-0.39, 0.29) is 0 Å². The van der Waals surface area contributed by atoms with Crippen molar-refractivity contribution in [3.8, 4) is 0 Å². The van der Waals surface area contributed by atoms with E-state index in [0.717, 1.165) is 19.0 Å². The molecule has 0 radical (unpaired) electrons. The van der Waals surface area contributed by atoms with Crippen LogP contribution >= 0.6 is 0 Å². The van der Waals surface area contributed by atoms with Crippen molar-refractivity contribution in [2.75, 3.05) is 19.6 Å². The summed E-state index contributed by atoms with van der Waals surface area (Å²) in [6.07, 6.45) is 21.6. The van der Waals surface area contributed by atoms with Crippen LogP contribution in [0.1, 0.15) is 82.8 Å². The Bertz CT molecular complexity index is 678. The molecule has 1 heteroatoms. The van der Waals surface area contributed by atoms with Gasteiger partial charge in [0.25, 0.3) is 0 Å². The Balaban J connectivity index is 1.67. The molecule has 0 aliphatic heterocycles. The Morgan fingerprint density at radius 3 is 1.50 bits per heavy atom. The number of benzene rings is 2. The minimum Gasteiger partial charge on any atom is -0.296 e. The summed E-state index contributed by atoms with van der Waals surface area (Å²) in [7, 11) is 0. The summed E-state index contributed by atoms with van der Waals surface area (Å²) in [4.78, 5) is 2.56. The van der Waals surface area contributed by atoms with Gasteiger partial charge in [-0.3, -0.25) is 4.90 Å². The zero-order chi connectivity index (χ0) is 22.7. The molecule has 0 saturated carbocycles. The standard InChI is InChI=1S/C31H45N/c1-29(2)19-11-7-5-3-4-6-8-16-26-32(27-17-24-30-20-12-9-13-21-30)28-18-25-31-22-14-10-15-23-31/h9-10,12-15,17-18,20-25,29H,3-8,11,16,19,26-28H2,1-2H3. The van der Waals surface area contributed by atoms with Crippen molar-refractivity contribution in [3.05, 3.63) is 83.9 Å². The molecule has 0 fully saturated rings. The van der Waals surface area contributed by atoms with E-state index in [1.807, 2.05) is 0 Å². The molecule has 0 amide bonds. The maximum atomic E-state index is 2.56. The first-order chi connectivity index (χ1) is 15.7. The minimum atomic E-state index is 0.864. The van der Waals surface area contributed by atoms with Crippen LogP contribution in [0.4, 0.5) is 0 Å². The van der Waals surface area contributed by atoms with Gasteiger partial charge in [0.2, 0.25) is 0 Å². The lowest BCUT2D eigenvalue weighted by Gasteiger charge is -2.19. The molecule has 32 heavy (non-hydrogen) atoms. The van der Waals surface area contributed by atoms with Crippen molar-refractivity contribution in [2.24, 2.45) is 5.92 Å². The van der Waals surface area contributed by atoms with Crippen molar-refractivity contribution in [1.82, 2.24) is 4.90 Å². The Morgan fingerprint density at radius 2 is 1.03 bits per heavy atom. The molecule has 0 saturated heterocycles. The summed E-state index contributed by atoms with van der Waals surface area (Å²) in [6, 6.07) is 21.2. The first-order valence-electron chi connectivity index (χ1n) is 12.9. The fourth-order valence-corrected chi connectivity index (χ4v) is 4.01. The normalized spacial score (nSPS) is 12.0. The van der Waals surface area contributed by atoms with Gasteiger partial charge < -0.3 is 0 Å². The summed E-state index contributed by atoms with van der Waals surface area (Å²) in [6.45, 7) is 7.84. The molecule has 0 spiro atoms. The van der Waals surface area contributed by atoms with Gasteiger partial charge in [-0.05, 0) is 30.0 Å². The second-order valence-corrected chi connectivity index (χ2v) is 9.40. The molecule has 0 unspecified atom stereocenters. The first-order valence-corrected chi connectivity index (χ1v) is 12.9. The predicted octanol–water partition coefficient (Wildman–Crippen LogP) is 8.88. The zero-order valence-corrected chi connectivity index (χ0v) is 20.6. The van der Waals surface area contributed by atoms with E-state index >= 15 is 0 Å². The largest absolute Gasteiger partial charge is 0.296 e. The van der Waals surface area contributed by atoms with E-state index in [0.29, 0.717) is 0 Å². The average molecular weight is 432 g/mol. The lowest BCUT2D eigenvalue weighted by Crippen LogP contribution is -2.25. The molecular formula is C31H45N. The predicted molar refractivity (Wildman–Crippen MR) is 144 cm³/mol. The number of hydrogen-bond acceptors (Lipinski definition) is 1. The summed E-state index contributed by atoms with van der Waals surface area (Å²) in [5.74, 6) is 0.864. The van der Waals surface area contributed by atoms with E-state index in [4.69, 9.17) is 0 Å². The van der Waals surface area contributed by atoms with Gasteiger partial charge in [0, 0.05) is 13.1 Å². The van der Waals surface area contributed by atoms with E-state index < -0.39 is 0 Å². The fourth-order valence-electron chi connectivity index (χ4n) is 4.01. The van der Waals surface area contributed by atoms with E-state index in [2.05, 4.69) is 104 Å². The van der Waals surface area contributed by atoms with Crippen LogP contribution in [0.5, 0.6) is 0 Å². The van der Waals surface area contributed by atoms with Crippen molar-refractivity contribution in [2.45, 2.75) is 71.6 Å². The number of unbranched alkanes of at least 4 members (excludes halogenated alkanes) is 7. The Labute approximate surface area is 198 Å². The monoisotopic (exact) mass is 431 g/mol. The third-order valence-corrected chi connectivity index (χ3v) is 5.95. The second kappa shape index (κ2) is 17.4. The third-order valence-electron chi connectivity index (χ3n) is 5.95. The molecule has 2 aromatic rings. The molecule has 0 N–H and O–H groups in total. The van der Waals surface area contributed by atoms with Gasteiger partial charge in [-0.1, -0.05) is 150 Å². The van der Waals surface area contributed by atoms with Gasteiger partial charge in [0.1, 0.15) is 0 Å². The van der Waals surface area contributed by atoms with Crippen LogP contribution in [0.15, 0.2) is 72.8 Å². The van der Waals surface area contributed by atoms with Crippen LogP contribution in [0.3, 0.4) is 0 Å². The van der Waals surface area contributed by atoms with Crippen molar-refractivity contribution in [3.63, 3.8) is 0 Å². The van der Waals surface area contributed by atoms with Crippen molar-refractivity contribution in [1.29, 1.82) is 0 Å². The minimum absolute atomic E-state index is 0.864. The van der Waals surface area contributed by atoms with Gasteiger partial charge in [-0.2, -0.15) is 0 Å². The molecule has 174 valence electrons. The first kappa shape index (κ1) is 26.1. The van der Waals surface area contributed by atoms with E-state index in [1.165, 1.54) is 75.5 Å². The molecule has 2 rings (SSSR count). The topological polar surface area (TPSA) is 3.24 Å². The summed E-state index contributed by atoms with van der Waals surface area (Å²) >= 11 is 0. The lowest BCUT2D eigenvalue weighted by molar-refractivity contribution is 0.324. The number of rotatable bonds is 17. The van der Waals surface area contributed by atoms with Crippen LogP contribution < -0.4 is 0 Å². The summed E-state index contributed by atoms with van der Waals surface area (Å²) < 4.78 is 0. The molecule has 0 bridgehead atoms. The quantitative estimate of drug-likeness (QED) is 0.226. The van der Waals surface area contributed by atoms with Crippen LogP contribution in [-0.2, 0) is 0 Å². The lowest BCUT2D eigenvalue weighted by atomic mass is 10.0. The van der Waals surface area contributed by atoms with Crippen LogP contribution in [-0.4, -0.2) is 24.5 Å². The molecule has 0 aromatic heterocycles. The zero-order valence-electron chi connectivity index (χ0n) is 20.6. The van der Waals surface area contributed by atoms with Crippen LogP contribution in [0.25, 0.3) is 12.2 Å². The van der Waals surface area contributed by atoms with E-state index in [1.54, 1.807) is 0 Å². The number of nitrogens with zero attached hydrogens (tertiary/aromatic N) is 1. The molecule has 0 aliphatic rings. The van der Waals surface area contributed by atoms with Crippen LogP contribution in [0.2, 0.25) is 0 Å². The Kier molecular flexibility index (Phi) is 14.2. The molecule has 2 aromatic carbocycles. The highest BCUT2D eigenvalue weighted by atomic mass is 15.1. The molecule has 0 heterocycles. The highest BCUT2D eigenvalue weighted by Crippen LogP contribution is 2.13.